The van der Waals surface area contributed by atoms with E-state index in [1.165, 1.54) is 25.7 Å². The van der Waals surface area contributed by atoms with Gasteiger partial charge < -0.3 is 19.3 Å². The van der Waals surface area contributed by atoms with E-state index in [-0.39, 0.29) is 18.4 Å². The largest absolute Gasteiger partial charge is 0.493 e. The van der Waals surface area contributed by atoms with Crippen LogP contribution >= 0.6 is 24.0 Å². The maximum Gasteiger partial charge on any atom is 0.244 e. The Labute approximate surface area is 164 Å². The lowest BCUT2D eigenvalue weighted by molar-refractivity contribution is 0.324. The Bertz CT molecular complexity index is 754. The second kappa shape index (κ2) is 8.03. The normalized spacial score (nSPS) is 24.7. The van der Waals surface area contributed by atoms with Gasteiger partial charge in [-0.15, -0.1) is 12.4 Å². The summed E-state index contributed by atoms with van der Waals surface area (Å²) in [7, 11) is 3.13. The van der Waals surface area contributed by atoms with Gasteiger partial charge in [-0.25, -0.2) is 0 Å². The van der Waals surface area contributed by atoms with Crippen LogP contribution in [0.15, 0.2) is 16.7 Å². The number of aromatic nitrogens is 2. The minimum atomic E-state index is 0. The average Bonchev–Trinajstić information content (AvgIpc) is 3.27. The summed E-state index contributed by atoms with van der Waals surface area (Å²) >= 11 is 6.28. The standard InChI is InChI=1S/C18H22ClN3O3.ClH/c1-23-15-9-11(7-12(19)16(15)24-2)17-21-18(25-22-17)14-8-10-5-3-4-6-13(10)20-14;/h7,9-10,13-14,20H,3-6,8H2,1-2H3;1H. The van der Waals surface area contributed by atoms with E-state index in [4.69, 9.17) is 25.6 Å². The predicted octanol–water partition coefficient (Wildman–Crippen LogP) is 4.42. The highest BCUT2D eigenvalue weighted by molar-refractivity contribution is 6.32. The second-order valence-electron chi connectivity index (χ2n) is 6.76. The van der Waals surface area contributed by atoms with Gasteiger partial charge in [-0.05, 0) is 37.3 Å². The van der Waals surface area contributed by atoms with Crippen LogP contribution in [0.3, 0.4) is 0 Å². The number of halogens is 2. The number of methoxy groups -OCH3 is 2. The molecular formula is C18H23Cl2N3O3. The van der Waals surface area contributed by atoms with E-state index in [9.17, 15) is 0 Å². The van der Waals surface area contributed by atoms with Gasteiger partial charge >= 0.3 is 0 Å². The molecule has 8 heteroatoms. The molecule has 26 heavy (non-hydrogen) atoms. The lowest BCUT2D eigenvalue weighted by Crippen LogP contribution is -2.30. The predicted molar refractivity (Wildman–Crippen MR) is 101 cm³/mol. The Kier molecular flexibility index (Phi) is 5.95. The minimum absolute atomic E-state index is 0. The van der Waals surface area contributed by atoms with Crippen LogP contribution in [-0.2, 0) is 0 Å². The third kappa shape index (κ3) is 3.50. The molecule has 1 aromatic heterocycles. The van der Waals surface area contributed by atoms with Crippen molar-refractivity contribution in [1.29, 1.82) is 0 Å². The first kappa shape index (κ1) is 19.3. The maximum absolute atomic E-state index is 6.28. The highest BCUT2D eigenvalue weighted by Crippen LogP contribution is 2.41. The summed E-state index contributed by atoms with van der Waals surface area (Å²) in [5.74, 6) is 2.92. The number of fused-ring (bicyclic) bond motifs is 1. The highest BCUT2D eigenvalue weighted by atomic mass is 35.5. The van der Waals surface area contributed by atoms with Crippen molar-refractivity contribution >= 4 is 24.0 Å². The number of nitrogens with one attached hydrogen (secondary N) is 1. The van der Waals surface area contributed by atoms with Crippen molar-refractivity contribution < 1.29 is 14.0 Å². The first-order chi connectivity index (χ1) is 12.2. The number of benzene rings is 1. The van der Waals surface area contributed by atoms with Gasteiger partial charge in [-0.3, -0.25) is 0 Å². The molecule has 2 aromatic rings. The third-order valence-corrected chi connectivity index (χ3v) is 5.58. The zero-order chi connectivity index (χ0) is 17.4. The summed E-state index contributed by atoms with van der Waals surface area (Å²) in [6, 6.07) is 4.30. The van der Waals surface area contributed by atoms with Crippen molar-refractivity contribution in [2.45, 2.75) is 44.2 Å². The van der Waals surface area contributed by atoms with E-state index < -0.39 is 0 Å². The zero-order valence-electron chi connectivity index (χ0n) is 14.8. The summed E-state index contributed by atoms with van der Waals surface area (Å²) < 4.78 is 16.1. The Morgan fingerprint density at radius 1 is 1.19 bits per heavy atom. The fourth-order valence-corrected chi connectivity index (χ4v) is 4.34. The van der Waals surface area contributed by atoms with Gasteiger partial charge in [0.2, 0.25) is 11.7 Å². The molecule has 0 spiro atoms. The Morgan fingerprint density at radius 2 is 2.00 bits per heavy atom. The Balaban J connectivity index is 0.00000196. The van der Waals surface area contributed by atoms with Gasteiger partial charge in [0.25, 0.3) is 0 Å². The van der Waals surface area contributed by atoms with Crippen LogP contribution in [0.2, 0.25) is 5.02 Å². The molecule has 4 rings (SSSR count). The fourth-order valence-electron chi connectivity index (χ4n) is 4.05. The molecule has 1 N–H and O–H groups in total. The number of hydrogen-bond acceptors (Lipinski definition) is 6. The molecule has 1 aromatic carbocycles. The molecule has 3 atom stereocenters. The SMILES string of the molecule is COc1cc(-c2noc(C3CC4CCCCC4N3)n2)cc(Cl)c1OC.Cl. The van der Waals surface area contributed by atoms with Crippen LogP contribution in [0.4, 0.5) is 0 Å². The number of ether oxygens (including phenoxy) is 2. The smallest absolute Gasteiger partial charge is 0.244 e. The first-order valence-electron chi connectivity index (χ1n) is 8.71. The van der Waals surface area contributed by atoms with Gasteiger partial charge in [0.1, 0.15) is 0 Å². The van der Waals surface area contributed by atoms with E-state index >= 15 is 0 Å². The van der Waals surface area contributed by atoms with Gasteiger partial charge in [0, 0.05) is 11.6 Å². The molecule has 0 amide bonds. The van der Waals surface area contributed by atoms with Gasteiger partial charge in [0.15, 0.2) is 11.5 Å². The van der Waals surface area contributed by atoms with Gasteiger partial charge in [-0.2, -0.15) is 4.98 Å². The van der Waals surface area contributed by atoms with Crippen molar-refractivity contribution in [2.75, 3.05) is 14.2 Å². The van der Waals surface area contributed by atoms with Crippen LogP contribution in [0, 0.1) is 5.92 Å². The van der Waals surface area contributed by atoms with Crippen molar-refractivity contribution in [2.24, 2.45) is 5.92 Å². The summed E-state index contributed by atoms with van der Waals surface area (Å²) in [5, 5.41) is 8.25. The molecule has 2 fully saturated rings. The third-order valence-electron chi connectivity index (χ3n) is 5.29. The topological polar surface area (TPSA) is 69.4 Å². The van der Waals surface area contributed by atoms with E-state index in [0.29, 0.717) is 34.3 Å². The summed E-state index contributed by atoms with van der Waals surface area (Å²) in [6.45, 7) is 0. The lowest BCUT2D eigenvalue weighted by Gasteiger charge is -2.24. The first-order valence-corrected chi connectivity index (χ1v) is 9.09. The van der Waals surface area contributed by atoms with Crippen molar-refractivity contribution in [3.63, 3.8) is 0 Å². The van der Waals surface area contributed by atoms with Gasteiger partial charge in [0.05, 0.1) is 25.3 Å². The Morgan fingerprint density at radius 3 is 2.73 bits per heavy atom. The molecular weight excluding hydrogens is 377 g/mol. The second-order valence-corrected chi connectivity index (χ2v) is 7.16. The number of hydrogen-bond donors (Lipinski definition) is 1. The molecule has 1 aliphatic carbocycles. The minimum Gasteiger partial charge on any atom is -0.493 e. The molecule has 2 heterocycles. The molecule has 3 unspecified atom stereocenters. The van der Waals surface area contributed by atoms with Crippen LogP contribution in [0.1, 0.15) is 44.0 Å². The van der Waals surface area contributed by atoms with E-state index in [1.54, 1.807) is 26.4 Å². The fraction of sp³-hybridized carbons (Fsp3) is 0.556. The molecule has 1 aliphatic heterocycles. The van der Waals surface area contributed by atoms with E-state index in [0.717, 1.165) is 17.9 Å². The molecule has 1 saturated heterocycles. The summed E-state index contributed by atoms with van der Waals surface area (Å²) in [5.41, 5.74) is 0.744. The van der Waals surface area contributed by atoms with Crippen molar-refractivity contribution in [3.8, 4) is 22.9 Å². The van der Waals surface area contributed by atoms with E-state index in [1.807, 2.05) is 0 Å². The molecule has 142 valence electrons. The molecule has 6 nitrogen and oxygen atoms in total. The van der Waals surface area contributed by atoms with Crippen LogP contribution in [0.25, 0.3) is 11.4 Å². The van der Waals surface area contributed by atoms with E-state index in [2.05, 4.69) is 15.5 Å². The van der Waals surface area contributed by atoms with Crippen molar-refractivity contribution in [3.05, 3.63) is 23.0 Å². The number of nitrogens with zero attached hydrogens (tertiary/aromatic N) is 2. The quantitative estimate of drug-likeness (QED) is 0.819. The molecule has 1 saturated carbocycles. The molecule has 0 radical (unpaired) electrons. The van der Waals surface area contributed by atoms with Crippen LogP contribution in [0.5, 0.6) is 11.5 Å². The average molecular weight is 400 g/mol. The molecule has 0 bridgehead atoms. The molecule has 2 aliphatic rings. The van der Waals surface area contributed by atoms with Crippen molar-refractivity contribution in [1.82, 2.24) is 15.5 Å². The number of rotatable bonds is 4. The van der Waals surface area contributed by atoms with Gasteiger partial charge in [-0.1, -0.05) is 29.6 Å². The van der Waals surface area contributed by atoms with Crippen LogP contribution in [-0.4, -0.2) is 30.4 Å². The maximum atomic E-state index is 6.28. The Hall–Kier alpha value is -1.50. The zero-order valence-corrected chi connectivity index (χ0v) is 16.4. The summed E-state index contributed by atoms with van der Waals surface area (Å²) in [6.07, 6.45) is 6.24. The highest BCUT2D eigenvalue weighted by Gasteiger charge is 2.38. The summed E-state index contributed by atoms with van der Waals surface area (Å²) in [4.78, 5) is 4.60. The monoisotopic (exact) mass is 399 g/mol. The van der Waals surface area contributed by atoms with Crippen LogP contribution < -0.4 is 14.8 Å². The lowest BCUT2D eigenvalue weighted by atomic mass is 9.85.